The zero-order chi connectivity index (χ0) is 13.8. The number of nitrogens with zero attached hydrogens (tertiary/aromatic N) is 1. The molecule has 0 fully saturated rings. The molecule has 1 unspecified atom stereocenters. The molecule has 1 atom stereocenters. The number of hydrogen-bond donors (Lipinski definition) is 2. The Balaban J connectivity index is 2.15. The van der Waals surface area contributed by atoms with Crippen LogP contribution in [0.15, 0.2) is 18.2 Å². The Kier molecular flexibility index (Phi) is 4.43. The molecule has 1 heterocycles. The summed E-state index contributed by atoms with van der Waals surface area (Å²) in [6, 6.07) is 6.52. The molecule has 19 heavy (non-hydrogen) atoms. The Labute approximate surface area is 115 Å². The summed E-state index contributed by atoms with van der Waals surface area (Å²) >= 11 is 0. The molecular formula is C15H23N3O. The third-order valence-electron chi connectivity index (χ3n) is 3.88. The molecular weight excluding hydrogens is 238 g/mol. The Morgan fingerprint density at radius 2 is 2.32 bits per heavy atom. The zero-order valence-electron chi connectivity index (χ0n) is 11.8. The number of aryl methyl sites for hydroxylation is 1. The first-order valence-electron chi connectivity index (χ1n) is 6.90. The average Bonchev–Trinajstić information content (AvgIpc) is 2.44. The van der Waals surface area contributed by atoms with Crippen molar-refractivity contribution >= 4 is 11.6 Å². The molecule has 0 saturated carbocycles. The molecule has 3 N–H and O–H groups in total. The van der Waals surface area contributed by atoms with Gasteiger partial charge in [-0.05, 0) is 36.5 Å². The highest BCUT2D eigenvalue weighted by Gasteiger charge is 2.18. The van der Waals surface area contributed by atoms with Crippen LogP contribution in [0.3, 0.4) is 0 Å². The SMILES string of the molecule is CNC(=O)C(CN)Cc1ccc2c(c1)CCCN2C. The second-order valence-corrected chi connectivity index (χ2v) is 5.24. The van der Waals surface area contributed by atoms with Crippen molar-refractivity contribution in [1.82, 2.24) is 5.32 Å². The van der Waals surface area contributed by atoms with Gasteiger partial charge in [0.05, 0.1) is 5.92 Å². The van der Waals surface area contributed by atoms with Crippen LogP contribution in [0.2, 0.25) is 0 Å². The van der Waals surface area contributed by atoms with E-state index in [9.17, 15) is 4.79 Å². The summed E-state index contributed by atoms with van der Waals surface area (Å²) in [6.45, 7) is 1.51. The van der Waals surface area contributed by atoms with E-state index in [1.807, 2.05) is 0 Å². The van der Waals surface area contributed by atoms with Crippen molar-refractivity contribution in [3.63, 3.8) is 0 Å². The van der Waals surface area contributed by atoms with Crippen molar-refractivity contribution in [2.75, 3.05) is 32.1 Å². The van der Waals surface area contributed by atoms with Crippen LogP contribution in [0.4, 0.5) is 5.69 Å². The Bertz CT molecular complexity index is 459. The lowest BCUT2D eigenvalue weighted by Crippen LogP contribution is -2.34. The Morgan fingerprint density at radius 3 is 3.00 bits per heavy atom. The van der Waals surface area contributed by atoms with Crippen molar-refractivity contribution in [2.45, 2.75) is 19.3 Å². The molecule has 1 aromatic carbocycles. The molecule has 1 amide bonds. The van der Waals surface area contributed by atoms with Crippen LogP contribution in [0, 0.1) is 5.92 Å². The molecule has 1 aliphatic rings. The third-order valence-corrected chi connectivity index (χ3v) is 3.88. The van der Waals surface area contributed by atoms with Gasteiger partial charge in [0, 0.05) is 32.9 Å². The summed E-state index contributed by atoms with van der Waals surface area (Å²) in [6.07, 6.45) is 3.04. The van der Waals surface area contributed by atoms with Crippen LogP contribution in [-0.2, 0) is 17.6 Å². The normalized spacial score (nSPS) is 15.8. The van der Waals surface area contributed by atoms with Gasteiger partial charge in [-0.1, -0.05) is 12.1 Å². The molecule has 1 aromatic rings. The van der Waals surface area contributed by atoms with Gasteiger partial charge >= 0.3 is 0 Å². The maximum atomic E-state index is 11.7. The highest BCUT2D eigenvalue weighted by Crippen LogP contribution is 2.27. The number of amides is 1. The van der Waals surface area contributed by atoms with E-state index in [1.165, 1.54) is 23.2 Å². The smallest absolute Gasteiger partial charge is 0.224 e. The first kappa shape index (κ1) is 13.9. The number of anilines is 1. The molecule has 0 saturated heterocycles. The first-order chi connectivity index (χ1) is 9.15. The van der Waals surface area contributed by atoms with Gasteiger partial charge in [0.1, 0.15) is 0 Å². The van der Waals surface area contributed by atoms with Crippen LogP contribution in [-0.4, -0.2) is 33.1 Å². The average molecular weight is 261 g/mol. The lowest BCUT2D eigenvalue weighted by molar-refractivity contribution is -0.124. The number of benzene rings is 1. The predicted molar refractivity (Wildman–Crippen MR) is 78.3 cm³/mol. The molecule has 4 heteroatoms. The van der Waals surface area contributed by atoms with E-state index < -0.39 is 0 Å². The van der Waals surface area contributed by atoms with E-state index in [1.54, 1.807) is 7.05 Å². The standard InChI is InChI=1S/C15H23N3O/c1-17-15(19)13(10-16)9-11-5-6-14-12(8-11)4-3-7-18(14)2/h5-6,8,13H,3-4,7,9-10,16H2,1-2H3,(H,17,19). The largest absolute Gasteiger partial charge is 0.374 e. The van der Waals surface area contributed by atoms with Gasteiger partial charge in [0.25, 0.3) is 0 Å². The summed E-state index contributed by atoms with van der Waals surface area (Å²) in [5, 5.41) is 2.68. The van der Waals surface area contributed by atoms with Crippen LogP contribution in [0.25, 0.3) is 0 Å². The van der Waals surface area contributed by atoms with Crippen molar-refractivity contribution in [3.8, 4) is 0 Å². The topological polar surface area (TPSA) is 58.4 Å². The molecule has 0 radical (unpaired) electrons. The number of hydrogen-bond acceptors (Lipinski definition) is 3. The van der Waals surface area contributed by atoms with E-state index in [4.69, 9.17) is 5.73 Å². The molecule has 0 spiro atoms. The predicted octanol–water partition coefficient (Wildman–Crippen LogP) is 0.932. The molecule has 104 valence electrons. The maximum Gasteiger partial charge on any atom is 0.224 e. The number of nitrogens with two attached hydrogens (primary N) is 1. The zero-order valence-corrected chi connectivity index (χ0v) is 11.8. The second-order valence-electron chi connectivity index (χ2n) is 5.24. The minimum Gasteiger partial charge on any atom is -0.374 e. The fraction of sp³-hybridized carbons (Fsp3) is 0.533. The first-order valence-corrected chi connectivity index (χ1v) is 6.90. The van der Waals surface area contributed by atoms with Crippen molar-refractivity contribution < 1.29 is 4.79 Å². The van der Waals surface area contributed by atoms with Gasteiger partial charge in [0.15, 0.2) is 0 Å². The minimum atomic E-state index is -0.135. The van der Waals surface area contributed by atoms with E-state index in [-0.39, 0.29) is 11.8 Å². The summed E-state index contributed by atoms with van der Waals surface area (Å²) in [7, 11) is 3.79. The fourth-order valence-corrected chi connectivity index (χ4v) is 2.74. The number of rotatable bonds is 4. The number of carbonyl (C=O) groups excluding carboxylic acids is 1. The van der Waals surface area contributed by atoms with Gasteiger partial charge in [-0.25, -0.2) is 0 Å². The number of fused-ring (bicyclic) bond motifs is 1. The fourth-order valence-electron chi connectivity index (χ4n) is 2.74. The van der Waals surface area contributed by atoms with Gasteiger partial charge in [-0.2, -0.15) is 0 Å². The van der Waals surface area contributed by atoms with Crippen molar-refractivity contribution in [3.05, 3.63) is 29.3 Å². The van der Waals surface area contributed by atoms with Crippen molar-refractivity contribution in [2.24, 2.45) is 11.7 Å². The molecule has 0 aliphatic carbocycles. The Morgan fingerprint density at radius 1 is 1.53 bits per heavy atom. The molecule has 0 aromatic heterocycles. The van der Waals surface area contributed by atoms with Crippen LogP contribution < -0.4 is 16.0 Å². The summed E-state index contributed by atoms with van der Waals surface area (Å²) in [4.78, 5) is 14.0. The van der Waals surface area contributed by atoms with E-state index in [0.717, 1.165) is 13.0 Å². The third kappa shape index (κ3) is 3.07. The van der Waals surface area contributed by atoms with Gasteiger partial charge < -0.3 is 16.0 Å². The van der Waals surface area contributed by atoms with Crippen LogP contribution in [0.1, 0.15) is 17.5 Å². The molecule has 2 rings (SSSR count). The van der Waals surface area contributed by atoms with Crippen LogP contribution in [0.5, 0.6) is 0 Å². The lowest BCUT2D eigenvalue weighted by Gasteiger charge is -2.28. The van der Waals surface area contributed by atoms with Gasteiger partial charge in [-0.3, -0.25) is 4.79 Å². The summed E-state index contributed by atoms with van der Waals surface area (Å²) < 4.78 is 0. The summed E-state index contributed by atoms with van der Waals surface area (Å²) in [5.74, 6) is -0.110. The maximum absolute atomic E-state index is 11.7. The van der Waals surface area contributed by atoms with E-state index >= 15 is 0 Å². The molecule has 4 nitrogen and oxygen atoms in total. The highest BCUT2D eigenvalue weighted by molar-refractivity contribution is 5.78. The Hall–Kier alpha value is -1.55. The lowest BCUT2D eigenvalue weighted by atomic mass is 9.94. The van der Waals surface area contributed by atoms with Gasteiger partial charge in [-0.15, -0.1) is 0 Å². The minimum absolute atomic E-state index is 0.0253. The molecule has 1 aliphatic heterocycles. The number of nitrogens with one attached hydrogen (secondary N) is 1. The molecule has 0 bridgehead atoms. The van der Waals surface area contributed by atoms with E-state index in [0.29, 0.717) is 13.0 Å². The monoisotopic (exact) mass is 261 g/mol. The number of carbonyl (C=O) groups is 1. The van der Waals surface area contributed by atoms with E-state index in [2.05, 4.69) is 35.5 Å². The second kappa shape index (κ2) is 6.06. The quantitative estimate of drug-likeness (QED) is 0.848. The summed E-state index contributed by atoms with van der Waals surface area (Å²) in [5.41, 5.74) is 9.60. The van der Waals surface area contributed by atoms with Crippen molar-refractivity contribution in [1.29, 1.82) is 0 Å². The highest BCUT2D eigenvalue weighted by atomic mass is 16.1. The van der Waals surface area contributed by atoms with Crippen LogP contribution >= 0.6 is 0 Å². The van der Waals surface area contributed by atoms with Gasteiger partial charge in [0.2, 0.25) is 5.91 Å².